The number of furan rings is 1. The number of carbonyl (C=O) groups is 1. The maximum Gasteiger partial charge on any atom is 0.336 e. The second-order valence-corrected chi connectivity index (χ2v) is 11.1. The van der Waals surface area contributed by atoms with Crippen molar-refractivity contribution in [3.8, 4) is 11.3 Å². The minimum absolute atomic E-state index is 0.135. The maximum absolute atomic E-state index is 11.8. The number of anilines is 2. The Labute approximate surface area is 225 Å². The Morgan fingerprint density at radius 2 is 1.87 bits per heavy atom. The number of benzene rings is 2. The molecule has 2 aromatic carbocycles. The third-order valence-electron chi connectivity index (χ3n) is 6.22. The van der Waals surface area contributed by atoms with Crippen molar-refractivity contribution < 1.29 is 22.7 Å². The minimum Gasteiger partial charge on any atom is -0.478 e. The van der Waals surface area contributed by atoms with Gasteiger partial charge >= 0.3 is 5.97 Å². The standard InChI is InChI=1S/C27H24N4O5S2/c1-16-15-17(10-11-20(16)30-38(2,34)35)31-25(24(29-27(31)37)21-9-5-6-14-28-21)23-13-12-22(36-23)18-7-3-4-8-19(18)26(32)33/h3-15,24-25,30H,1-2H3,(H,29,37)(H,32,33)/t24-,25-/m0/s1. The third kappa shape index (κ3) is 4.98. The molecule has 0 bridgehead atoms. The van der Waals surface area contributed by atoms with Crippen molar-refractivity contribution in [2.75, 3.05) is 15.9 Å². The molecule has 38 heavy (non-hydrogen) atoms. The average molecular weight is 549 g/mol. The first kappa shape index (κ1) is 25.4. The Hall–Kier alpha value is -4.22. The number of rotatable bonds is 7. The van der Waals surface area contributed by atoms with Crippen LogP contribution < -0.4 is 14.9 Å². The summed E-state index contributed by atoms with van der Waals surface area (Å²) in [7, 11) is -3.44. The predicted octanol–water partition coefficient (Wildman–Crippen LogP) is 4.90. The quantitative estimate of drug-likeness (QED) is 0.277. The number of hydrogen-bond donors (Lipinski definition) is 3. The first-order valence-corrected chi connectivity index (χ1v) is 13.9. The molecular weight excluding hydrogens is 524 g/mol. The lowest BCUT2D eigenvalue weighted by Gasteiger charge is -2.26. The topological polar surface area (TPSA) is 125 Å². The van der Waals surface area contributed by atoms with E-state index in [1.807, 2.05) is 42.2 Å². The summed E-state index contributed by atoms with van der Waals surface area (Å²) in [4.78, 5) is 18.2. The Morgan fingerprint density at radius 3 is 2.55 bits per heavy atom. The van der Waals surface area contributed by atoms with Crippen LogP contribution in [0.4, 0.5) is 11.4 Å². The van der Waals surface area contributed by atoms with E-state index in [2.05, 4.69) is 15.0 Å². The smallest absolute Gasteiger partial charge is 0.336 e. The lowest BCUT2D eigenvalue weighted by atomic mass is 10.0. The number of nitrogens with one attached hydrogen (secondary N) is 2. The van der Waals surface area contributed by atoms with Crippen molar-refractivity contribution in [3.05, 3.63) is 102 Å². The van der Waals surface area contributed by atoms with Gasteiger partial charge in [0.05, 0.1) is 29.2 Å². The summed E-state index contributed by atoms with van der Waals surface area (Å²) in [5.74, 6) is -0.0767. The number of carboxylic acids is 1. The fourth-order valence-electron chi connectivity index (χ4n) is 4.57. The first-order valence-electron chi connectivity index (χ1n) is 11.6. The Balaban J connectivity index is 1.60. The van der Waals surface area contributed by atoms with Gasteiger partial charge in [-0.1, -0.05) is 24.3 Å². The summed E-state index contributed by atoms with van der Waals surface area (Å²) < 4.78 is 32.3. The monoisotopic (exact) mass is 548 g/mol. The van der Waals surface area contributed by atoms with Gasteiger partial charge in [-0.3, -0.25) is 9.71 Å². The highest BCUT2D eigenvalue weighted by Gasteiger charge is 2.42. The summed E-state index contributed by atoms with van der Waals surface area (Å²) in [6, 6.07) is 20.3. The van der Waals surface area contributed by atoms with Crippen LogP contribution >= 0.6 is 12.2 Å². The SMILES string of the molecule is Cc1cc(N2C(=S)N[C@@H](c3ccccn3)[C@@H]2c2ccc(-c3ccccc3C(=O)O)o2)ccc1NS(C)(=O)=O. The highest BCUT2D eigenvalue weighted by molar-refractivity contribution is 7.92. The van der Waals surface area contributed by atoms with Crippen LogP contribution in [0, 0.1) is 6.92 Å². The van der Waals surface area contributed by atoms with Crippen LogP contribution in [-0.2, 0) is 10.0 Å². The normalized spacial score (nSPS) is 17.3. The molecule has 2 aromatic heterocycles. The second kappa shape index (κ2) is 9.92. The Bertz CT molecular complexity index is 1640. The molecular formula is C27H24N4O5S2. The molecule has 1 aliphatic heterocycles. The molecule has 0 radical (unpaired) electrons. The number of pyridine rings is 1. The zero-order chi connectivity index (χ0) is 27.0. The largest absolute Gasteiger partial charge is 0.478 e. The van der Waals surface area contributed by atoms with Gasteiger partial charge in [-0.15, -0.1) is 0 Å². The van der Waals surface area contributed by atoms with Crippen LogP contribution in [-0.4, -0.2) is 35.8 Å². The molecule has 0 aliphatic carbocycles. The van der Waals surface area contributed by atoms with Crippen LogP contribution in [0.15, 0.2) is 83.4 Å². The molecule has 0 unspecified atom stereocenters. The van der Waals surface area contributed by atoms with Crippen LogP contribution in [0.25, 0.3) is 11.3 Å². The van der Waals surface area contributed by atoms with Crippen LogP contribution in [0.1, 0.15) is 39.5 Å². The van der Waals surface area contributed by atoms with Gasteiger partial charge in [0, 0.05) is 17.4 Å². The van der Waals surface area contributed by atoms with Crippen molar-refractivity contribution in [3.63, 3.8) is 0 Å². The summed E-state index contributed by atoms with van der Waals surface area (Å²) in [5.41, 5.74) is 3.26. The van der Waals surface area contributed by atoms with Crippen molar-refractivity contribution in [1.82, 2.24) is 10.3 Å². The van der Waals surface area contributed by atoms with Crippen LogP contribution in [0.2, 0.25) is 0 Å². The molecule has 0 saturated carbocycles. The van der Waals surface area contributed by atoms with Crippen molar-refractivity contribution in [2.24, 2.45) is 0 Å². The van der Waals surface area contributed by atoms with E-state index in [1.54, 1.807) is 42.6 Å². The fourth-order valence-corrected chi connectivity index (χ4v) is 5.55. The minimum atomic E-state index is -3.44. The highest BCUT2D eigenvalue weighted by atomic mass is 32.2. The molecule has 1 aliphatic rings. The lowest BCUT2D eigenvalue weighted by molar-refractivity contribution is 0.0697. The molecule has 1 fully saturated rings. The molecule has 2 atom stereocenters. The van der Waals surface area contributed by atoms with Gasteiger partial charge in [0.15, 0.2) is 5.11 Å². The van der Waals surface area contributed by atoms with Gasteiger partial charge < -0.3 is 19.7 Å². The molecule has 11 heteroatoms. The van der Waals surface area contributed by atoms with Crippen LogP contribution in [0.5, 0.6) is 0 Å². The van der Waals surface area contributed by atoms with E-state index < -0.39 is 22.0 Å². The van der Waals surface area contributed by atoms with E-state index in [-0.39, 0.29) is 11.6 Å². The van der Waals surface area contributed by atoms with Gasteiger partial charge in [0.25, 0.3) is 0 Å². The van der Waals surface area contributed by atoms with E-state index >= 15 is 0 Å². The van der Waals surface area contributed by atoms with Crippen molar-refractivity contribution >= 4 is 44.7 Å². The molecule has 5 rings (SSSR count). The third-order valence-corrected chi connectivity index (χ3v) is 7.13. The summed E-state index contributed by atoms with van der Waals surface area (Å²) in [5, 5.41) is 13.4. The van der Waals surface area contributed by atoms with Crippen molar-refractivity contribution in [1.29, 1.82) is 0 Å². The highest BCUT2D eigenvalue weighted by Crippen LogP contribution is 2.43. The molecule has 9 nitrogen and oxygen atoms in total. The first-order chi connectivity index (χ1) is 18.1. The van der Waals surface area contributed by atoms with Gasteiger partial charge in [0.1, 0.15) is 17.6 Å². The number of thiocarbonyl (C=S) groups is 1. The predicted molar refractivity (Wildman–Crippen MR) is 149 cm³/mol. The fraction of sp³-hybridized carbons (Fsp3) is 0.148. The number of aryl methyl sites for hydroxylation is 1. The number of aromatic carboxylic acids is 1. The molecule has 4 aromatic rings. The van der Waals surface area contributed by atoms with Crippen LogP contribution in [0.3, 0.4) is 0 Å². The zero-order valence-electron chi connectivity index (χ0n) is 20.5. The summed E-state index contributed by atoms with van der Waals surface area (Å²) >= 11 is 5.75. The summed E-state index contributed by atoms with van der Waals surface area (Å²) in [6.45, 7) is 1.81. The average Bonchev–Trinajstić information content (AvgIpc) is 3.49. The van der Waals surface area contributed by atoms with Crippen molar-refractivity contribution in [2.45, 2.75) is 19.0 Å². The molecule has 0 spiro atoms. The van der Waals surface area contributed by atoms with E-state index in [9.17, 15) is 18.3 Å². The number of hydrogen-bond acceptors (Lipinski definition) is 6. The maximum atomic E-state index is 11.8. The van der Waals surface area contributed by atoms with E-state index in [1.165, 1.54) is 6.07 Å². The molecule has 3 heterocycles. The van der Waals surface area contributed by atoms with E-state index in [0.717, 1.165) is 17.6 Å². The molecule has 194 valence electrons. The molecule has 1 saturated heterocycles. The Morgan fingerprint density at radius 1 is 1.11 bits per heavy atom. The van der Waals surface area contributed by atoms with Gasteiger partial charge in [-0.25, -0.2) is 13.2 Å². The molecule has 3 N–H and O–H groups in total. The van der Waals surface area contributed by atoms with E-state index in [0.29, 0.717) is 33.4 Å². The number of nitrogens with zero attached hydrogens (tertiary/aromatic N) is 2. The lowest BCUT2D eigenvalue weighted by Crippen LogP contribution is -2.29. The number of aromatic nitrogens is 1. The van der Waals surface area contributed by atoms with Gasteiger partial charge in [0.2, 0.25) is 10.0 Å². The Kier molecular flexibility index (Phi) is 6.64. The van der Waals surface area contributed by atoms with Gasteiger partial charge in [-0.05, 0) is 73.2 Å². The van der Waals surface area contributed by atoms with Gasteiger partial charge in [-0.2, -0.15) is 0 Å². The zero-order valence-corrected chi connectivity index (χ0v) is 22.1. The summed E-state index contributed by atoms with van der Waals surface area (Å²) in [6.07, 6.45) is 2.80. The van der Waals surface area contributed by atoms with E-state index in [4.69, 9.17) is 16.6 Å². The second-order valence-electron chi connectivity index (χ2n) is 8.92. The number of sulfonamides is 1. The number of carboxylic acid groups (broad SMARTS) is 1. The molecule has 0 amide bonds.